The second-order valence-electron chi connectivity index (χ2n) is 8.85. The summed E-state index contributed by atoms with van der Waals surface area (Å²) in [4.78, 5) is 17.2. The maximum absolute atomic E-state index is 14.2. The van der Waals surface area contributed by atoms with Crippen molar-refractivity contribution in [1.82, 2.24) is 9.88 Å². The number of aromatic nitrogens is 1. The Labute approximate surface area is 190 Å². The van der Waals surface area contributed by atoms with Crippen LogP contribution >= 0.6 is 0 Å². The summed E-state index contributed by atoms with van der Waals surface area (Å²) in [6.45, 7) is 0.809. The highest BCUT2D eigenvalue weighted by atomic mass is 19.1. The summed E-state index contributed by atoms with van der Waals surface area (Å²) in [5.41, 5.74) is 3.42. The van der Waals surface area contributed by atoms with Crippen LogP contribution in [0.2, 0.25) is 0 Å². The van der Waals surface area contributed by atoms with E-state index in [2.05, 4.69) is 9.88 Å². The lowest BCUT2D eigenvalue weighted by Gasteiger charge is -2.41. The molecular formula is C26H26F2N2O3. The van der Waals surface area contributed by atoms with E-state index < -0.39 is 11.8 Å². The van der Waals surface area contributed by atoms with E-state index in [1.165, 1.54) is 18.6 Å². The van der Waals surface area contributed by atoms with Gasteiger partial charge in [-0.1, -0.05) is 0 Å². The van der Waals surface area contributed by atoms with Gasteiger partial charge in [-0.3, -0.25) is 0 Å². The lowest BCUT2D eigenvalue weighted by molar-refractivity contribution is 0.0694. The van der Waals surface area contributed by atoms with Gasteiger partial charge < -0.3 is 19.7 Å². The normalized spacial score (nSPS) is 15.5. The minimum absolute atomic E-state index is 0.0128. The number of aryl methyl sites for hydroxylation is 1. The Morgan fingerprint density at radius 2 is 2.03 bits per heavy atom. The molecule has 3 aromatic rings. The van der Waals surface area contributed by atoms with Crippen molar-refractivity contribution in [2.45, 2.75) is 51.0 Å². The number of fused-ring (bicyclic) bond motifs is 2. The average Bonchev–Trinajstić information content (AvgIpc) is 3.16. The van der Waals surface area contributed by atoms with Gasteiger partial charge in [-0.05, 0) is 74.4 Å². The molecule has 0 saturated heterocycles. The number of halogens is 2. The molecule has 7 heteroatoms. The van der Waals surface area contributed by atoms with Crippen LogP contribution in [0.5, 0.6) is 5.75 Å². The average molecular weight is 453 g/mol. The van der Waals surface area contributed by atoms with Crippen LogP contribution in [-0.4, -0.2) is 33.5 Å². The number of allylic oxidation sites excluding steroid dienone is 1. The molecule has 1 aliphatic heterocycles. The van der Waals surface area contributed by atoms with Crippen LogP contribution in [0.15, 0.2) is 48.5 Å². The predicted octanol–water partition coefficient (Wildman–Crippen LogP) is 5.80. The standard InChI is InChI=1S/C26H26F2N2O3/c27-17-7-10-24-21(12-17)16(14-29-24)4-1-2-11-30(18-5-3-6-18)19-13-22-20(26(31)32)8-9-23(28)25(22)33-15-19/h7-10,12,14-15,18,29H,1-6,11,13H2,(H,31,32). The van der Waals surface area contributed by atoms with Gasteiger partial charge in [0.05, 0.1) is 11.3 Å². The third kappa shape index (κ3) is 4.19. The van der Waals surface area contributed by atoms with Crippen molar-refractivity contribution in [2.24, 2.45) is 0 Å². The van der Waals surface area contributed by atoms with Crippen LogP contribution in [0.25, 0.3) is 10.9 Å². The number of hydrogen-bond acceptors (Lipinski definition) is 3. The van der Waals surface area contributed by atoms with Gasteiger partial charge in [-0.15, -0.1) is 0 Å². The van der Waals surface area contributed by atoms with E-state index in [9.17, 15) is 18.7 Å². The number of H-pyrrole nitrogens is 1. The number of ether oxygens (including phenoxy) is 1. The molecular weight excluding hydrogens is 426 g/mol. The Kier molecular flexibility index (Phi) is 5.79. The number of unbranched alkanes of at least 4 members (excludes halogenated alkanes) is 1. The minimum Gasteiger partial charge on any atom is -0.478 e. The molecule has 33 heavy (non-hydrogen) atoms. The fraction of sp³-hybridized carbons (Fsp3) is 0.346. The van der Waals surface area contributed by atoms with Crippen molar-refractivity contribution < 1.29 is 23.4 Å². The summed E-state index contributed by atoms with van der Waals surface area (Å²) in [6.07, 6.45) is 9.91. The first-order chi connectivity index (χ1) is 16.0. The smallest absolute Gasteiger partial charge is 0.336 e. The molecule has 0 unspecified atom stereocenters. The highest BCUT2D eigenvalue weighted by Crippen LogP contribution is 2.36. The van der Waals surface area contributed by atoms with Gasteiger partial charge in [0, 0.05) is 41.7 Å². The molecule has 1 aliphatic carbocycles. The molecule has 0 atom stereocenters. The zero-order valence-electron chi connectivity index (χ0n) is 18.2. The maximum atomic E-state index is 14.2. The monoisotopic (exact) mass is 452 g/mol. The summed E-state index contributed by atoms with van der Waals surface area (Å²) in [5.74, 6) is -1.85. The lowest BCUT2D eigenvalue weighted by Crippen LogP contribution is -2.41. The number of aromatic amines is 1. The maximum Gasteiger partial charge on any atom is 0.336 e. The first-order valence-corrected chi connectivity index (χ1v) is 11.4. The number of rotatable bonds is 8. The number of carboxylic acid groups (broad SMARTS) is 1. The number of benzene rings is 2. The van der Waals surface area contributed by atoms with Crippen LogP contribution in [-0.2, 0) is 12.8 Å². The van der Waals surface area contributed by atoms with Gasteiger partial charge in [0.25, 0.3) is 0 Å². The van der Waals surface area contributed by atoms with Crippen LogP contribution in [0.4, 0.5) is 8.78 Å². The highest BCUT2D eigenvalue weighted by molar-refractivity contribution is 5.90. The van der Waals surface area contributed by atoms with Crippen LogP contribution in [0.1, 0.15) is 53.6 Å². The highest BCUT2D eigenvalue weighted by Gasteiger charge is 2.31. The molecule has 5 rings (SSSR count). The summed E-state index contributed by atoms with van der Waals surface area (Å²) in [7, 11) is 0. The molecule has 1 aromatic heterocycles. The van der Waals surface area contributed by atoms with Gasteiger partial charge in [0.15, 0.2) is 11.6 Å². The zero-order chi connectivity index (χ0) is 22.9. The van der Waals surface area contributed by atoms with E-state index in [-0.39, 0.29) is 17.1 Å². The van der Waals surface area contributed by atoms with Crippen LogP contribution < -0.4 is 4.74 Å². The fourth-order valence-corrected chi connectivity index (χ4v) is 4.84. The molecule has 0 radical (unpaired) electrons. The Hall–Kier alpha value is -3.35. The van der Waals surface area contributed by atoms with Crippen LogP contribution in [0, 0.1) is 11.6 Å². The molecule has 2 N–H and O–H groups in total. The Balaban J connectivity index is 1.27. The summed E-state index contributed by atoms with van der Waals surface area (Å²) in [5, 5.41) is 10.5. The molecule has 0 amide bonds. The molecule has 2 aromatic carbocycles. The number of nitrogens with one attached hydrogen (secondary N) is 1. The third-order valence-electron chi connectivity index (χ3n) is 6.82. The number of carboxylic acids is 1. The third-order valence-corrected chi connectivity index (χ3v) is 6.82. The van der Waals surface area contributed by atoms with E-state index in [0.29, 0.717) is 18.0 Å². The number of hydrogen-bond donors (Lipinski definition) is 2. The summed E-state index contributed by atoms with van der Waals surface area (Å²) >= 11 is 0. The van der Waals surface area contributed by atoms with Crippen molar-refractivity contribution in [3.05, 3.63) is 76.8 Å². The fourth-order valence-electron chi connectivity index (χ4n) is 4.84. The molecule has 1 fully saturated rings. The van der Waals surface area contributed by atoms with E-state index in [0.717, 1.165) is 66.9 Å². The molecule has 2 heterocycles. The first kappa shape index (κ1) is 21.5. The van der Waals surface area contributed by atoms with Gasteiger partial charge in [0.1, 0.15) is 12.1 Å². The van der Waals surface area contributed by atoms with Crippen molar-refractivity contribution in [2.75, 3.05) is 6.54 Å². The van der Waals surface area contributed by atoms with Crippen LogP contribution in [0.3, 0.4) is 0 Å². The molecule has 1 saturated carbocycles. The number of aromatic carboxylic acids is 1. The van der Waals surface area contributed by atoms with Crippen molar-refractivity contribution in [1.29, 1.82) is 0 Å². The molecule has 0 spiro atoms. The Morgan fingerprint density at radius 1 is 1.18 bits per heavy atom. The summed E-state index contributed by atoms with van der Waals surface area (Å²) in [6, 6.07) is 7.63. The second-order valence-corrected chi connectivity index (χ2v) is 8.85. The van der Waals surface area contributed by atoms with Gasteiger partial charge in [-0.2, -0.15) is 0 Å². The van der Waals surface area contributed by atoms with Gasteiger partial charge >= 0.3 is 5.97 Å². The van der Waals surface area contributed by atoms with E-state index in [1.54, 1.807) is 18.4 Å². The molecule has 172 valence electrons. The van der Waals surface area contributed by atoms with E-state index in [4.69, 9.17) is 4.74 Å². The topological polar surface area (TPSA) is 65.6 Å². The molecule has 0 bridgehead atoms. The van der Waals surface area contributed by atoms with Crippen molar-refractivity contribution in [3.63, 3.8) is 0 Å². The van der Waals surface area contributed by atoms with E-state index >= 15 is 0 Å². The van der Waals surface area contributed by atoms with Crippen molar-refractivity contribution >= 4 is 16.9 Å². The largest absolute Gasteiger partial charge is 0.478 e. The predicted molar refractivity (Wildman–Crippen MR) is 121 cm³/mol. The SMILES string of the molecule is O=C(O)c1ccc(F)c2c1CC(N(CCCCc1c[nH]c3ccc(F)cc13)C1CCC1)=CO2. The quantitative estimate of drug-likeness (QED) is 0.424. The Morgan fingerprint density at radius 3 is 2.79 bits per heavy atom. The minimum atomic E-state index is -1.08. The zero-order valence-corrected chi connectivity index (χ0v) is 18.2. The van der Waals surface area contributed by atoms with Gasteiger partial charge in [0.2, 0.25) is 0 Å². The lowest BCUT2D eigenvalue weighted by atomic mass is 9.89. The number of carbonyl (C=O) groups is 1. The van der Waals surface area contributed by atoms with Gasteiger partial charge in [-0.25, -0.2) is 13.6 Å². The van der Waals surface area contributed by atoms with Crippen molar-refractivity contribution in [3.8, 4) is 5.75 Å². The second kappa shape index (κ2) is 8.89. The molecule has 5 nitrogen and oxygen atoms in total. The Bertz CT molecular complexity index is 1230. The number of nitrogens with zero attached hydrogens (tertiary/aromatic N) is 1. The molecule has 2 aliphatic rings. The summed E-state index contributed by atoms with van der Waals surface area (Å²) < 4.78 is 33.4. The van der Waals surface area contributed by atoms with E-state index in [1.807, 2.05) is 6.20 Å². The first-order valence-electron chi connectivity index (χ1n) is 11.4.